The van der Waals surface area contributed by atoms with Crippen LogP contribution in [0.2, 0.25) is 0 Å². The first-order valence-corrected chi connectivity index (χ1v) is 22.8. The number of fused-ring (bicyclic) bond motifs is 3. The minimum absolute atomic E-state index is 0.194. The summed E-state index contributed by atoms with van der Waals surface area (Å²) < 4.78 is 23.1. The second-order valence-corrected chi connectivity index (χ2v) is 16.6. The molecule has 0 fully saturated rings. The van der Waals surface area contributed by atoms with Crippen molar-refractivity contribution in [2.24, 2.45) is 0 Å². The molecule has 326 valence electrons. The molecule has 0 spiro atoms. The van der Waals surface area contributed by atoms with Crippen LogP contribution >= 0.6 is 0 Å². The molecule has 6 rings (SSSR count). The van der Waals surface area contributed by atoms with Crippen LogP contribution in [0.4, 0.5) is 0 Å². The number of methoxy groups -OCH3 is 3. The van der Waals surface area contributed by atoms with Gasteiger partial charge < -0.3 is 33.4 Å². The standard InChI is InChI=1S/C37H35BO6.C16H36N/c1-41-34-14-8-25-19-31(11-5-28(25)22-34)37(17-4-18-44-38(39)40,32-12-6-29-23-35(42-2)15-9-26(29)20-32)33-13-7-30-24-36(43-3)16-10-27(30)21-33;1-5-9-13-17(14-10-6-2,15-11-7-3)16-12-8-4/h5-16,19-24,39-40H,4,17-18H2,1-3H3;5-16H2,1-4H3/q;+1. The van der Waals surface area contributed by atoms with E-state index in [9.17, 15) is 10.0 Å². The lowest BCUT2D eigenvalue weighted by Crippen LogP contribution is -2.50. The molecule has 0 aliphatic heterocycles. The van der Waals surface area contributed by atoms with Gasteiger partial charge in [0.25, 0.3) is 0 Å². The van der Waals surface area contributed by atoms with Crippen molar-refractivity contribution >= 4 is 39.6 Å². The maximum atomic E-state index is 9.42. The number of hydrogen-bond donors (Lipinski definition) is 2. The number of unbranched alkanes of at least 4 members (excludes halogenated alkanes) is 4. The van der Waals surface area contributed by atoms with Gasteiger partial charge in [0.05, 0.1) is 47.5 Å². The third-order valence-corrected chi connectivity index (χ3v) is 12.5. The Morgan fingerprint density at radius 2 is 0.754 bits per heavy atom. The maximum absolute atomic E-state index is 9.42. The Labute approximate surface area is 366 Å². The minimum Gasteiger partial charge on any atom is -0.497 e. The number of rotatable bonds is 23. The zero-order chi connectivity index (χ0) is 43.7. The van der Waals surface area contributed by atoms with Crippen LogP contribution in [0.25, 0.3) is 32.3 Å². The monoisotopic (exact) mass is 829 g/mol. The molecule has 0 heterocycles. The summed E-state index contributed by atoms with van der Waals surface area (Å²) in [5.74, 6) is 2.43. The Balaban J connectivity index is 0.000000352. The van der Waals surface area contributed by atoms with Gasteiger partial charge in [-0.3, -0.25) is 0 Å². The summed E-state index contributed by atoms with van der Waals surface area (Å²) in [5.41, 5.74) is 2.78. The van der Waals surface area contributed by atoms with E-state index in [2.05, 4.69) is 100 Å². The summed E-state index contributed by atoms with van der Waals surface area (Å²) >= 11 is 0. The molecule has 0 radical (unpaired) electrons. The first kappa shape index (κ1) is 47.5. The van der Waals surface area contributed by atoms with E-state index >= 15 is 0 Å². The van der Waals surface area contributed by atoms with Crippen LogP contribution in [-0.2, 0) is 10.1 Å². The van der Waals surface area contributed by atoms with E-state index in [0.717, 1.165) is 66.3 Å². The summed E-state index contributed by atoms with van der Waals surface area (Å²) in [7, 11) is 3.22. The molecular formula is C53H71BNO6+. The number of hydrogen-bond acceptors (Lipinski definition) is 6. The van der Waals surface area contributed by atoms with Gasteiger partial charge in [-0.25, -0.2) is 0 Å². The molecule has 7 nitrogen and oxygen atoms in total. The van der Waals surface area contributed by atoms with Crippen LogP contribution in [0.15, 0.2) is 109 Å². The summed E-state index contributed by atoms with van der Waals surface area (Å²) in [6.45, 7) is 15.2. The summed E-state index contributed by atoms with van der Waals surface area (Å²) in [4.78, 5) is 0. The highest BCUT2D eigenvalue weighted by Gasteiger charge is 2.37. The van der Waals surface area contributed by atoms with Crippen molar-refractivity contribution < 1.29 is 33.4 Å². The molecule has 0 aliphatic rings. The van der Waals surface area contributed by atoms with E-state index in [-0.39, 0.29) is 6.61 Å². The largest absolute Gasteiger partial charge is 0.633 e. The van der Waals surface area contributed by atoms with E-state index in [1.54, 1.807) is 21.3 Å². The third-order valence-electron chi connectivity index (χ3n) is 12.5. The van der Waals surface area contributed by atoms with Crippen molar-refractivity contribution in [1.29, 1.82) is 0 Å². The zero-order valence-corrected chi connectivity index (χ0v) is 38.1. The minimum atomic E-state index is -1.81. The van der Waals surface area contributed by atoms with Crippen LogP contribution in [0.1, 0.15) is 109 Å². The average molecular weight is 829 g/mol. The van der Waals surface area contributed by atoms with E-state index in [1.807, 2.05) is 36.4 Å². The Kier molecular flexibility index (Phi) is 18.3. The maximum Gasteiger partial charge on any atom is 0.633 e. The first-order chi connectivity index (χ1) is 29.7. The number of quaternary nitrogens is 1. The van der Waals surface area contributed by atoms with Crippen molar-refractivity contribution in [2.45, 2.75) is 97.3 Å². The highest BCUT2D eigenvalue weighted by molar-refractivity contribution is 6.32. The lowest BCUT2D eigenvalue weighted by atomic mass is 9.66. The predicted molar refractivity (Wildman–Crippen MR) is 256 cm³/mol. The van der Waals surface area contributed by atoms with E-state index in [0.29, 0.717) is 12.8 Å². The fourth-order valence-corrected chi connectivity index (χ4v) is 8.95. The van der Waals surface area contributed by atoms with Gasteiger partial charge in [-0.15, -0.1) is 0 Å². The van der Waals surface area contributed by atoms with Gasteiger partial charge in [0.1, 0.15) is 17.2 Å². The Morgan fingerprint density at radius 1 is 0.443 bits per heavy atom. The molecule has 0 amide bonds. The molecule has 0 aromatic heterocycles. The number of ether oxygens (including phenoxy) is 3. The molecule has 0 atom stereocenters. The quantitative estimate of drug-likeness (QED) is 0.0290. The summed E-state index contributed by atoms with van der Waals surface area (Å²) in [6, 6.07) is 38.2. The Hall–Kier alpha value is -4.60. The SMILES string of the molecule is CCCC[N+](CCCC)(CCCC)CCCC.COc1ccc2cc(C(CCCOB(O)O)(c3ccc4cc(OC)ccc4c3)c3ccc4cc(OC)ccc4c3)ccc2c1. The van der Waals surface area contributed by atoms with Gasteiger partial charge in [-0.1, -0.05) is 108 Å². The van der Waals surface area contributed by atoms with Gasteiger partial charge in [0.2, 0.25) is 0 Å². The summed E-state index contributed by atoms with van der Waals surface area (Å²) in [5, 5.41) is 25.4. The van der Waals surface area contributed by atoms with Crippen LogP contribution in [0.3, 0.4) is 0 Å². The van der Waals surface area contributed by atoms with E-state index in [1.165, 1.54) is 82.0 Å². The highest BCUT2D eigenvalue weighted by Crippen LogP contribution is 2.46. The molecule has 8 heteroatoms. The summed E-state index contributed by atoms with van der Waals surface area (Å²) in [6.07, 6.45) is 12.3. The molecule has 0 bridgehead atoms. The third kappa shape index (κ3) is 12.3. The Morgan fingerprint density at radius 3 is 1.05 bits per heavy atom. The van der Waals surface area contributed by atoms with Crippen LogP contribution in [0.5, 0.6) is 17.2 Å². The molecule has 6 aromatic rings. The average Bonchev–Trinajstić information content (AvgIpc) is 3.30. The lowest BCUT2D eigenvalue weighted by Gasteiger charge is -2.39. The molecule has 0 aliphatic carbocycles. The molecule has 0 saturated heterocycles. The van der Waals surface area contributed by atoms with Crippen molar-refractivity contribution in [1.82, 2.24) is 0 Å². The van der Waals surface area contributed by atoms with Crippen LogP contribution < -0.4 is 14.2 Å². The van der Waals surface area contributed by atoms with Crippen molar-refractivity contribution in [3.05, 3.63) is 126 Å². The molecular weight excluding hydrogens is 757 g/mol. The fourth-order valence-electron chi connectivity index (χ4n) is 8.95. The van der Waals surface area contributed by atoms with Crippen molar-refractivity contribution in [3.63, 3.8) is 0 Å². The fraction of sp³-hybridized carbons (Fsp3) is 0.434. The molecule has 61 heavy (non-hydrogen) atoms. The lowest BCUT2D eigenvalue weighted by molar-refractivity contribution is -0.929. The second-order valence-electron chi connectivity index (χ2n) is 16.6. The van der Waals surface area contributed by atoms with Gasteiger partial charge >= 0.3 is 7.32 Å². The van der Waals surface area contributed by atoms with Gasteiger partial charge in [0, 0.05) is 12.0 Å². The second kappa shape index (κ2) is 23.6. The predicted octanol–water partition coefficient (Wildman–Crippen LogP) is 12.3. The first-order valence-electron chi connectivity index (χ1n) is 22.8. The zero-order valence-electron chi connectivity index (χ0n) is 38.1. The molecule has 0 unspecified atom stereocenters. The van der Waals surface area contributed by atoms with Gasteiger partial charge in [-0.05, 0) is 142 Å². The smallest absolute Gasteiger partial charge is 0.497 e. The number of benzene rings is 6. The normalized spacial score (nSPS) is 11.8. The topological polar surface area (TPSA) is 77.4 Å². The Bertz CT molecular complexity index is 2010. The van der Waals surface area contributed by atoms with Gasteiger partial charge in [-0.2, -0.15) is 0 Å². The van der Waals surface area contributed by atoms with Crippen LogP contribution in [-0.4, -0.2) is 76.0 Å². The van der Waals surface area contributed by atoms with Gasteiger partial charge in [0.15, 0.2) is 0 Å². The molecule has 6 aromatic carbocycles. The van der Waals surface area contributed by atoms with E-state index < -0.39 is 12.7 Å². The van der Waals surface area contributed by atoms with E-state index in [4.69, 9.17) is 18.9 Å². The van der Waals surface area contributed by atoms with Crippen molar-refractivity contribution in [3.8, 4) is 17.2 Å². The highest BCUT2D eigenvalue weighted by atomic mass is 16.6. The molecule has 2 N–H and O–H groups in total. The van der Waals surface area contributed by atoms with Crippen LogP contribution in [0, 0.1) is 0 Å². The molecule has 0 saturated carbocycles. The number of nitrogens with zero attached hydrogens (tertiary/aromatic N) is 1. The van der Waals surface area contributed by atoms with Crippen molar-refractivity contribution in [2.75, 3.05) is 54.1 Å².